The van der Waals surface area contributed by atoms with Gasteiger partial charge in [-0.15, -0.1) is 0 Å². The minimum absolute atomic E-state index is 0.0331. The van der Waals surface area contributed by atoms with Crippen LogP contribution >= 0.6 is 23.2 Å². The predicted molar refractivity (Wildman–Crippen MR) is 98.8 cm³/mol. The molecule has 140 valence electrons. The van der Waals surface area contributed by atoms with Crippen LogP contribution < -0.4 is 10.9 Å². The van der Waals surface area contributed by atoms with Crippen LogP contribution in [0.25, 0.3) is 0 Å². The van der Waals surface area contributed by atoms with Crippen LogP contribution in [-0.4, -0.2) is 9.55 Å². The molecule has 0 aliphatic rings. The molecule has 0 aliphatic heterocycles. The van der Waals surface area contributed by atoms with Crippen molar-refractivity contribution >= 4 is 34.8 Å². The Bertz CT molecular complexity index is 1020. The number of anilines is 2. The van der Waals surface area contributed by atoms with Crippen LogP contribution in [0.15, 0.2) is 59.4 Å². The fourth-order valence-corrected chi connectivity index (χ4v) is 2.73. The third-order valence-corrected chi connectivity index (χ3v) is 4.50. The summed E-state index contributed by atoms with van der Waals surface area (Å²) in [6.45, 7) is 0.0331. The van der Waals surface area contributed by atoms with Crippen LogP contribution in [0.5, 0.6) is 0 Å². The summed E-state index contributed by atoms with van der Waals surface area (Å²) in [6, 6.07) is 13.9. The van der Waals surface area contributed by atoms with Crippen molar-refractivity contribution in [3.63, 3.8) is 0 Å². The maximum Gasteiger partial charge on any atom is 0.433 e. The van der Waals surface area contributed by atoms with Gasteiger partial charge >= 0.3 is 6.18 Å². The van der Waals surface area contributed by atoms with Gasteiger partial charge in [0.15, 0.2) is 5.69 Å². The van der Waals surface area contributed by atoms with Crippen LogP contribution in [0.3, 0.4) is 0 Å². The normalized spacial score (nSPS) is 11.4. The average Bonchev–Trinajstić information content (AvgIpc) is 2.61. The molecule has 0 spiro atoms. The van der Waals surface area contributed by atoms with E-state index in [-0.39, 0.29) is 28.2 Å². The zero-order valence-electron chi connectivity index (χ0n) is 13.6. The molecule has 1 aromatic heterocycles. The number of alkyl halides is 3. The lowest BCUT2D eigenvalue weighted by atomic mass is 10.2. The molecule has 1 heterocycles. The summed E-state index contributed by atoms with van der Waals surface area (Å²) in [5, 5.41) is 3.01. The molecule has 9 heteroatoms. The van der Waals surface area contributed by atoms with Crippen molar-refractivity contribution < 1.29 is 13.2 Å². The van der Waals surface area contributed by atoms with Crippen LogP contribution in [-0.2, 0) is 12.7 Å². The quantitative estimate of drug-likeness (QED) is 0.625. The van der Waals surface area contributed by atoms with Gasteiger partial charge < -0.3 is 5.32 Å². The summed E-state index contributed by atoms with van der Waals surface area (Å²) >= 11 is 12.0. The van der Waals surface area contributed by atoms with E-state index in [4.69, 9.17) is 23.2 Å². The average molecular weight is 414 g/mol. The van der Waals surface area contributed by atoms with Crippen molar-refractivity contribution in [3.05, 3.63) is 86.3 Å². The summed E-state index contributed by atoms with van der Waals surface area (Å²) in [7, 11) is 0. The fraction of sp³-hybridized carbons (Fsp3) is 0.111. The number of rotatable bonds is 4. The molecule has 4 nitrogen and oxygen atoms in total. The Kier molecular flexibility index (Phi) is 5.43. The highest BCUT2D eigenvalue weighted by Gasteiger charge is 2.34. The molecule has 0 fully saturated rings. The van der Waals surface area contributed by atoms with Gasteiger partial charge in [0.05, 0.1) is 22.3 Å². The number of hydrogen-bond acceptors (Lipinski definition) is 3. The SMILES string of the molecule is O=c1cc(C(F)(F)F)nc(Nc2cccc(Cl)c2Cl)n1Cc1ccccc1. The van der Waals surface area contributed by atoms with Gasteiger partial charge in [0, 0.05) is 6.07 Å². The number of halogens is 5. The second kappa shape index (κ2) is 7.62. The summed E-state index contributed by atoms with van der Waals surface area (Å²) in [5.74, 6) is -0.289. The molecule has 0 atom stereocenters. The number of nitrogens with zero attached hydrogens (tertiary/aromatic N) is 2. The van der Waals surface area contributed by atoms with Crippen molar-refractivity contribution in [2.75, 3.05) is 5.32 Å². The molecule has 0 saturated heterocycles. The second-order valence-corrected chi connectivity index (χ2v) is 6.38. The van der Waals surface area contributed by atoms with Gasteiger partial charge in [-0.1, -0.05) is 59.6 Å². The summed E-state index contributed by atoms with van der Waals surface area (Å²) < 4.78 is 40.4. The Labute approximate surface area is 162 Å². The van der Waals surface area contributed by atoms with E-state index in [0.29, 0.717) is 6.07 Å². The highest BCUT2D eigenvalue weighted by Crippen LogP contribution is 2.32. The van der Waals surface area contributed by atoms with E-state index in [1.165, 1.54) is 12.1 Å². The van der Waals surface area contributed by atoms with Crippen molar-refractivity contribution in [2.45, 2.75) is 12.7 Å². The van der Waals surface area contributed by atoms with E-state index >= 15 is 0 Å². The molecule has 0 saturated carbocycles. The Hall–Kier alpha value is -2.51. The largest absolute Gasteiger partial charge is 0.433 e. The zero-order chi connectivity index (χ0) is 19.6. The summed E-state index contributed by atoms with van der Waals surface area (Å²) in [5.41, 5.74) is -1.18. The lowest BCUT2D eigenvalue weighted by molar-refractivity contribution is -0.141. The highest BCUT2D eigenvalue weighted by atomic mass is 35.5. The van der Waals surface area contributed by atoms with E-state index < -0.39 is 17.4 Å². The highest BCUT2D eigenvalue weighted by molar-refractivity contribution is 6.43. The van der Waals surface area contributed by atoms with Gasteiger partial charge in [-0.05, 0) is 17.7 Å². The smallest absolute Gasteiger partial charge is 0.324 e. The van der Waals surface area contributed by atoms with Gasteiger partial charge in [0.25, 0.3) is 5.56 Å². The number of benzene rings is 2. The predicted octanol–water partition coefficient (Wildman–Crippen LogP) is 5.36. The monoisotopic (exact) mass is 413 g/mol. The van der Waals surface area contributed by atoms with Crippen molar-refractivity contribution in [1.82, 2.24) is 9.55 Å². The van der Waals surface area contributed by atoms with Crippen LogP contribution in [0.1, 0.15) is 11.3 Å². The van der Waals surface area contributed by atoms with E-state index in [9.17, 15) is 18.0 Å². The van der Waals surface area contributed by atoms with Gasteiger partial charge in [0.1, 0.15) is 0 Å². The van der Waals surface area contributed by atoms with Gasteiger partial charge in [-0.3, -0.25) is 9.36 Å². The minimum atomic E-state index is -4.76. The fourth-order valence-electron chi connectivity index (χ4n) is 2.39. The Morgan fingerprint density at radius 3 is 2.41 bits per heavy atom. The second-order valence-electron chi connectivity index (χ2n) is 5.60. The number of aromatic nitrogens is 2. The first-order valence-electron chi connectivity index (χ1n) is 7.70. The first-order chi connectivity index (χ1) is 12.8. The van der Waals surface area contributed by atoms with Gasteiger partial charge in [-0.25, -0.2) is 4.98 Å². The minimum Gasteiger partial charge on any atom is -0.324 e. The third kappa shape index (κ3) is 4.43. The van der Waals surface area contributed by atoms with Crippen molar-refractivity contribution in [3.8, 4) is 0 Å². The molecule has 0 unspecified atom stereocenters. The van der Waals surface area contributed by atoms with E-state index in [2.05, 4.69) is 10.3 Å². The van der Waals surface area contributed by atoms with E-state index in [0.717, 1.165) is 10.1 Å². The molecule has 27 heavy (non-hydrogen) atoms. The summed E-state index contributed by atoms with van der Waals surface area (Å²) in [4.78, 5) is 16.0. The number of hydrogen-bond donors (Lipinski definition) is 1. The molecular weight excluding hydrogens is 402 g/mol. The summed E-state index contributed by atoms with van der Waals surface area (Å²) in [6.07, 6.45) is -4.76. The maximum absolute atomic E-state index is 13.1. The maximum atomic E-state index is 13.1. The molecule has 0 amide bonds. The molecule has 3 rings (SSSR count). The molecule has 0 bridgehead atoms. The van der Waals surface area contributed by atoms with Crippen molar-refractivity contribution in [2.24, 2.45) is 0 Å². The Morgan fingerprint density at radius 2 is 1.74 bits per heavy atom. The zero-order valence-corrected chi connectivity index (χ0v) is 15.1. The lowest BCUT2D eigenvalue weighted by Crippen LogP contribution is -2.27. The molecule has 2 aromatic carbocycles. The van der Waals surface area contributed by atoms with Gasteiger partial charge in [-0.2, -0.15) is 13.2 Å². The molecular formula is C18H12Cl2F3N3O. The third-order valence-electron chi connectivity index (χ3n) is 3.68. The topological polar surface area (TPSA) is 46.9 Å². The first-order valence-corrected chi connectivity index (χ1v) is 8.45. The van der Waals surface area contributed by atoms with Crippen LogP contribution in [0, 0.1) is 0 Å². The van der Waals surface area contributed by atoms with E-state index in [1.54, 1.807) is 36.4 Å². The molecule has 0 radical (unpaired) electrons. The van der Waals surface area contributed by atoms with Gasteiger partial charge in [0.2, 0.25) is 5.95 Å². The molecule has 1 N–H and O–H groups in total. The molecule has 0 aliphatic carbocycles. The first kappa shape index (κ1) is 19.3. The van der Waals surface area contributed by atoms with E-state index in [1.807, 2.05) is 0 Å². The van der Waals surface area contributed by atoms with Crippen LogP contribution in [0.4, 0.5) is 24.8 Å². The standard InChI is InChI=1S/C18H12Cl2F3N3O/c19-12-7-4-8-13(16(12)20)24-17-25-14(18(21,22)23)9-15(27)26(17)10-11-5-2-1-3-6-11/h1-9H,10H2,(H,24,25). The lowest BCUT2D eigenvalue weighted by Gasteiger charge is -2.17. The molecule has 3 aromatic rings. The number of nitrogens with one attached hydrogen (secondary N) is 1. The Morgan fingerprint density at radius 1 is 1.04 bits per heavy atom. The van der Waals surface area contributed by atoms with Crippen LogP contribution in [0.2, 0.25) is 10.0 Å². The Balaban J connectivity index is 2.11. The van der Waals surface area contributed by atoms with Crippen molar-refractivity contribution in [1.29, 1.82) is 0 Å².